The molecule has 2 fully saturated rings. The van der Waals surface area contributed by atoms with Crippen LogP contribution in [0, 0.1) is 0 Å². The highest BCUT2D eigenvalue weighted by Gasteiger charge is 2.35. The molecule has 2 aromatic rings. The zero-order chi connectivity index (χ0) is 18.6. The van der Waals surface area contributed by atoms with Gasteiger partial charge >= 0.3 is 0 Å². The second kappa shape index (κ2) is 8.15. The second-order valence-electron chi connectivity index (χ2n) is 7.20. The van der Waals surface area contributed by atoms with Gasteiger partial charge in [0.1, 0.15) is 5.82 Å². The van der Waals surface area contributed by atoms with Gasteiger partial charge in [-0.25, -0.2) is 0 Å². The molecular weight excluding hydrogens is 342 g/mol. The summed E-state index contributed by atoms with van der Waals surface area (Å²) >= 11 is 0. The standard InChI is InChI=1S/C21H27N3O3/c1-26-19-7-8-24(18(19)13-16-5-3-2-4-6-16)20-14-17(15-21(25)22-20)23-9-11-27-12-10-23/h2-6,14-15,18-19H,7-13H2,1H3,(H,22,25)/t18-,19-/m0/s1. The number of morpholine rings is 1. The van der Waals surface area contributed by atoms with E-state index in [-0.39, 0.29) is 17.7 Å². The van der Waals surface area contributed by atoms with Crippen molar-refractivity contribution in [1.82, 2.24) is 4.98 Å². The normalized spacial score (nSPS) is 23.0. The van der Waals surface area contributed by atoms with Crippen LogP contribution in [0.25, 0.3) is 0 Å². The second-order valence-corrected chi connectivity index (χ2v) is 7.20. The number of pyridine rings is 1. The number of anilines is 2. The molecule has 2 aliphatic rings. The van der Waals surface area contributed by atoms with Gasteiger partial charge in [-0.3, -0.25) is 4.79 Å². The van der Waals surface area contributed by atoms with Gasteiger partial charge in [0.25, 0.3) is 5.56 Å². The largest absolute Gasteiger partial charge is 0.379 e. The zero-order valence-electron chi connectivity index (χ0n) is 15.8. The highest BCUT2D eigenvalue weighted by atomic mass is 16.5. The lowest BCUT2D eigenvalue weighted by molar-refractivity contribution is 0.0953. The Kier molecular flexibility index (Phi) is 5.45. The first-order valence-electron chi connectivity index (χ1n) is 9.65. The van der Waals surface area contributed by atoms with Crippen LogP contribution >= 0.6 is 0 Å². The van der Waals surface area contributed by atoms with E-state index in [1.807, 2.05) is 6.07 Å². The summed E-state index contributed by atoms with van der Waals surface area (Å²) in [7, 11) is 1.78. The third kappa shape index (κ3) is 4.01. The monoisotopic (exact) mass is 369 g/mol. The van der Waals surface area contributed by atoms with Crippen LogP contribution in [0.4, 0.5) is 11.5 Å². The topological polar surface area (TPSA) is 57.8 Å². The van der Waals surface area contributed by atoms with Crippen LogP contribution in [-0.4, -0.2) is 57.1 Å². The van der Waals surface area contributed by atoms with E-state index in [0.717, 1.165) is 44.0 Å². The number of methoxy groups -OCH3 is 1. The van der Waals surface area contributed by atoms with Crippen molar-refractivity contribution in [2.75, 3.05) is 49.8 Å². The molecule has 0 unspecified atom stereocenters. The molecule has 0 bridgehead atoms. The van der Waals surface area contributed by atoms with Crippen molar-refractivity contribution < 1.29 is 9.47 Å². The van der Waals surface area contributed by atoms with Gasteiger partial charge in [-0.1, -0.05) is 30.3 Å². The number of aromatic nitrogens is 1. The summed E-state index contributed by atoms with van der Waals surface area (Å²) in [6, 6.07) is 14.5. The lowest BCUT2D eigenvalue weighted by atomic mass is 10.0. The molecule has 2 atom stereocenters. The maximum atomic E-state index is 12.4. The third-order valence-electron chi connectivity index (χ3n) is 5.57. The molecule has 144 valence electrons. The number of hydrogen-bond acceptors (Lipinski definition) is 5. The van der Waals surface area contributed by atoms with Crippen molar-refractivity contribution in [3.05, 3.63) is 58.4 Å². The molecule has 2 aliphatic heterocycles. The van der Waals surface area contributed by atoms with Gasteiger partial charge in [-0.15, -0.1) is 0 Å². The maximum Gasteiger partial charge on any atom is 0.251 e. The summed E-state index contributed by atoms with van der Waals surface area (Å²) in [6.45, 7) is 3.91. The van der Waals surface area contributed by atoms with Gasteiger partial charge in [0.15, 0.2) is 0 Å². The van der Waals surface area contributed by atoms with Gasteiger partial charge in [0.2, 0.25) is 0 Å². The molecule has 3 heterocycles. The zero-order valence-corrected chi connectivity index (χ0v) is 15.8. The Morgan fingerprint density at radius 2 is 1.93 bits per heavy atom. The van der Waals surface area contributed by atoms with E-state index in [0.29, 0.717) is 13.2 Å². The molecule has 4 rings (SSSR count). The lowest BCUT2D eigenvalue weighted by Crippen LogP contribution is -2.40. The first kappa shape index (κ1) is 18.1. The SMILES string of the molecule is CO[C@H]1CCN(c2cc(N3CCOCC3)cc(=O)[nH]2)[C@H]1Cc1ccccc1. The number of rotatable bonds is 5. The molecular formula is C21H27N3O3. The Bertz CT molecular complexity index is 802. The minimum Gasteiger partial charge on any atom is -0.379 e. The summed E-state index contributed by atoms with van der Waals surface area (Å²) < 4.78 is 11.2. The van der Waals surface area contributed by atoms with Crippen LogP contribution in [0.2, 0.25) is 0 Å². The van der Waals surface area contributed by atoms with Crippen LogP contribution in [0.3, 0.4) is 0 Å². The van der Waals surface area contributed by atoms with Crippen LogP contribution in [0.1, 0.15) is 12.0 Å². The molecule has 0 radical (unpaired) electrons. The predicted octanol–water partition coefficient (Wildman–Crippen LogP) is 2.05. The highest BCUT2D eigenvalue weighted by molar-refractivity contribution is 5.56. The van der Waals surface area contributed by atoms with E-state index in [4.69, 9.17) is 9.47 Å². The smallest absolute Gasteiger partial charge is 0.251 e. The Morgan fingerprint density at radius 1 is 1.15 bits per heavy atom. The summed E-state index contributed by atoms with van der Waals surface area (Å²) in [6.07, 6.45) is 2.00. The lowest BCUT2D eigenvalue weighted by Gasteiger charge is -2.32. The molecule has 1 aromatic heterocycles. The van der Waals surface area contributed by atoms with Crippen LogP contribution in [-0.2, 0) is 15.9 Å². The van der Waals surface area contributed by atoms with Crippen LogP contribution in [0.5, 0.6) is 0 Å². The van der Waals surface area contributed by atoms with Crippen LogP contribution in [0.15, 0.2) is 47.3 Å². The highest BCUT2D eigenvalue weighted by Crippen LogP contribution is 2.30. The summed E-state index contributed by atoms with van der Waals surface area (Å²) in [5, 5.41) is 0. The molecule has 0 amide bonds. The maximum absolute atomic E-state index is 12.4. The summed E-state index contributed by atoms with van der Waals surface area (Å²) in [4.78, 5) is 19.9. The van der Waals surface area contributed by atoms with Crippen molar-refractivity contribution in [1.29, 1.82) is 0 Å². The van der Waals surface area contributed by atoms with Gasteiger partial charge in [-0.05, 0) is 18.4 Å². The van der Waals surface area contributed by atoms with Gasteiger partial charge in [0, 0.05) is 44.6 Å². The number of ether oxygens (including phenoxy) is 2. The Hall–Kier alpha value is -2.31. The minimum absolute atomic E-state index is 0.0617. The van der Waals surface area contributed by atoms with Crippen molar-refractivity contribution >= 4 is 11.5 Å². The molecule has 27 heavy (non-hydrogen) atoms. The molecule has 0 saturated carbocycles. The fourth-order valence-electron chi connectivity index (χ4n) is 4.17. The van der Waals surface area contributed by atoms with E-state index in [2.05, 4.69) is 45.1 Å². The van der Waals surface area contributed by atoms with Crippen molar-refractivity contribution in [2.24, 2.45) is 0 Å². The average Bonchev–Trinajstić information content (AvgIpc) is 3.11. The Morgan fingerprint density at radius 3 is 2.67 bits per heavy atom. The fraction of sp³-hybridized carbons (Fsp3) is 0.476. The van der Waals surface area contributed by atoms with E-state index in [1.54, 1.807) is 13.2 Å². The van der Waals surface area contributed by atoms with E-state index >= 15 is 0 Å². The number of hydrogen-bond donors (Lipinski definition) is 1. The number of benzene rings is 1. The number of H-pyrrole nitrogens is 1. The number of aromatic amines is 1. The molecule has 2 saturated heterocycles. The molecule has 0 spiro atoms. The first-order valence-corrected chi connectivity index (χ1v) is 9.65. The Labute approximate surface area is 159 Å². The predicted molar refractivity (Wildman–Crippen MR) is 107 cm³/mol. The van der Waals surface area contributed by atoms with Crippen molar-refractivity contribution in [3.8, 4) is 0 Å². The van der Waals surface area contributed by atoms with E-state index in [9.17, 15) is 4.79 Å². The molecule has 1 N–H and O–H groups in total. The van der Waals surface area contributed by atoms with Gasteiger partial charge in [-0.2, -0.15) is 0 Å². The first-order chi connectivity index (χ1) is 13.2. The quantitative estimate of drug-likeness (QED) is 0.874. The summed E-state index contributed by atoms with van der Waals surface area (Å²) in [5.74, 6) is 0.879. The fourth-order valence-corrected chi connectivity index (χ4v) is 4.17. The van der Waals surface area contributed by atoms with E-state index in [1.165, 1.54) is 5.56 Å². The summed E-state index contributed by atoms with van der Waals surface area (Å²) in [5.41, 5.74) is 2.19. The molecule has 6 heteroatoms. The molecule has 6 nitrogen and oxygen atoms in total. The van der Waals surface area contributed by atoms with Crippen molar-refractivity contribution in [3.63, 3.8) is 0 Å². The van der Waals surface area contributed by atoms with Gasteiger partial charge in [0.05, 0.1) is 25.4 Å². The minimum atomic E-state index is -0.0617. The third-order valence-corrected chi connectivity index (χ3v) is 5.57. The molecule has 0 aliphatic carbocycles. The van der Waals surface area contributed by atoms with E-state index < -0.39 is 0 Å². The molecule has 1 aromatic carbocycles. The van der Waals surface area contributed by atoms with Gasteiger partial charge < -0.3 is 24.3 Å². The van der Waals surface area contributed by atoms with Crippen LogP contribution < -0.4 is 15.4 Å². The number of nitrogens with one attached hydrogen (secondary N) is 1. The van der Waals surface area contributed by atoms with Crippen molar-refractivity contribution in [2.45, 2.75) is 25.0 Å². The Balaban J connectivity index is 1.62. The average molecular weight is 369 g/mol. The number of nitrogens with zero attached hydrogens (tertiary/aromatic N) is 2.